The average molecular weight is 1120 g/mol. The molecule has 0 rings (SSSR count). The van der Waals surface area contributed by atoms with Crippen LogP contribution in [0.3, 0.4) is 0 Å². The maximum absolute atomic E-state index is 12.9. The van der Waals surface area contributed by atoms with Crippen molar-refractivity contribution in [2.45, 2.75) is 297 Å². The molecule has 0 aromatic heterocycles. The zero-order valence-corrected chi connectivity index (χ0v) is 52.5. The smallest absolute Gasteiger partial charge is 0.306 e. The van der Waals surface area contributed by atoms with Gasteiger partial charge in [0, 0.05) is 19.3 Å². The highest BCUT2D eigenvalue weighted by molar-refractivity contribution is 5.71. The number of unbranched alkanes of at least 4 members (excludes halogenated alkanes) is 24. The fourth-order valence-corrected chi connectivity index (χ4v) is 8.90. The molecule has 0 aliphatic rings. The molecule has 0 saturated heterocycles. The first kappa shape index (κ1) is 76.3. The van der Waals surface area contributed by atoms with Crippen molar-refractivity contribution in [2.24, 2.45) is 0 Å². The van der Waals surface area contributed by atoms with Gasteiger partial charge in [0.25, 0.3) is 0 Å². The number of rotatable bonds is 59. The molecule has 6 heteroatoms. The molecular weight excluding hydrogens is 997 g/mol. The maximum atomic E-state index is 12.9. The fraction of sp³-hybridized carbons (Fsp3) is 0.640. The molecule has 0 radical (unpaired) electrons. The lowest BCUT2D eigenvalue weighted by atomic mass is 10.0. The quantitative estimate of drug-likeness (QED) is 0.0261. The van der Waals surface area contributed by atoms with Crippen LogP contribution < -0.4 is 0 Å². The molecule has 0 bridgehead atoms. The molecule has 0 spiro atoms. The van der Waals surface area contributed by atoms with Gasteiger partial charge in [0.2, 0.25) is 0 Å². The van der Waals surface area contributed by atoms with Gasteiger partial charge in [0.1, 0.15) is 13.2 Å². The third-order valence-electron chi connectivity index (χ3n) is 13.8. The van der Waals surface area contributed by atoms with Gasteiger partial charge in [-0.1, -0.05) is 289 Å². The number of ether oxygens (including phenoxy) is 3. The van der Waals surface area contributed by atoms with Crippen LogP contribution >= 0.6 is 0 Å². The Bertz CT molecular complexity index is 1760. The zero-order valence-electron chi connectivity index (χ0n) is 52.5. The summed E-state index contributed by atoms with van der Waals surface area (Å²) in [6, 6.07) is 0. The Morgan fingerprint density at radius 3 is 0.827 bits per heavy atom. The minimum atomic E-state index is -0.819. The highest BCUT2D eigenvalue weighted by Gasteiger charge is 2.19. The summed E-state index contributed by atoms with van der Waals surface area (Å²) in [4.78, 5) is 38.3. The molecule has 0 aliphatic carbocycles. The van der Waals surface area contributed by atoms with Crippen LogP contribution in [0.5, 0.6) is 0 Å². The van der Waals surface area contributed by atoms with Gasteiger partial charge in [-0.2, -0.15) is 0 Å². The topological polar surface area (TPSA) is 78.9 Å². The largest absolute Gasteiger partial charge is 0.462 e. The van der Waals surface area contributed by atoms with Gasteiger partial charge < -0.3 is 14.2 Å². The summed E-state index contributed by atoms with van der Waals surface area (Å²) in [5, 5.41) is 0. The van der Waals surface area contributed by atoms with E-state index in [9.17, 15) is 14.4 Å². The summed E-state index contributed by atoms with van der Waals surface area (Å²) in [5.74, 6) is -1.00. The van der Waals surface area contributed by atoms with Gasteiger partial charge in [-0.3, -0.25) is 14.4 Å². The molecule has 81 heavy (non-hydrogen) atoms. The molecule has 6 nitrogen and oxygen atoms in total. The lowest BCUT2D eigenvalue weighted by Crippen LogP contribution is -2.30. The van der Waals surface area contributed by atoms with Gasteiger partial charge in [0.05, 0.1) is 0 Å². The first-order chi connectivity index (χ1) is 40.0. The van der Waals surface area contributed by atoms with Crippen LogP contribution in [0.15, 0.2) is 146 Å². The molecule has 0 fully saturated rings. The molecule has 0 aromatic rings. The number of esters is 3. The van der Waals surface area contributed by atoms with E-state index < -0.39 is 6.10 Å². The number of hydrogen-bond donors (Lipinski definition) is 0. The van der Waals surface area contributed by atoms with E-state index in [1.807, 2.05) is 6.08 Å². The summed E-state index contributed by atoms with van der Waals surface area (Å²) in [6.45, 7) is 6.34. The summed E-state index contributed by atoms with van der Waals surface area (Å²) in [5.41, 5.74) is 0. The van der Waals surface area contributed by atoms with Crippen molar-refractivity contribution in [3.63, 3.8) is 0 Å². The van der Waals surface area contributed by atoms with E-state index >= 15 is 0 Å². The molecule has 0 heterocycles. The minimum absolute atomic E-state index is 0.109. The van der Waals surface area contributed by atoms with Crippen LogP contribution in [-0.2, 0) is 28.6 Å². The normalized spacial score (nSPS) is 13.1. The Balaban J connectivity index is 4.38. The Labute approximate surface area is 499 Å². The Kier molecular flexibility index (Phi) is 63.9. The number of hydrogen-bond acceptors (Lipinski definition) is 6. The standard InChI is InChI=1S/C75H122O6/c1-4-7-10-13-16-19-22-25-27-29-31-33-35-36-37-38-40-41-43-45-47-50-53-56-59-62-65-68-74(77)80-71-72(70-79-73(76)67-64-61-58-55-52-49-24-21-18-15-12-9-6-3)81-75(78)69-66-63-60-57-54-51-48-46-44-42-39-34-32-30-28-26-23-20-17-14-11-8-5-2/h7,9-10,12,16,18-19,21,23,25-27,30-33,36-37,39,42,49,52,58,61,72H,4-6,8,11,13-15,17,20,22,24,28-29,34-35,38,40-41,43-48,50-51,53-57,59-60,62-71H2,1-3H3/b10-7-,12-9-,19-16-,21-18-,26-23-,27-25-,32-30-,33-31-,37-36-,42-39-,52-49-,61-58-. The van der Waals surface area contributed by atoms with E-state index in [-0.39, 0.29) is 37.5 Å². The van der Waals surface area contributed by atoms with E-state index in [0.29, 0.717) is 19.3 Å². The third-order valence-corrected chi connectivity index (χ3v) is 13.8. The van der Waals surface area contributed by atoms with Crippen LogP contribution in [0.25, 0.3) is 0 Å². The molecule has 0 N–H and O–H groups in total. The van der Waals surface area contributed by atoms with Gasteiger partial charge in [-0.15, -0.1) is 0 Å². The molecular formula is C75H122O6. The fourth-order valence-electron chi connectivity index (χ4n) is 8.90. The number of carbonyl (C=O) groups is 3. The second-order valence-electron chi connectivity index (χ2n) is 21.6. The monoisotopic (exact) mass is 1120 g/mol. The lowest BCUT2D eigenvalue weighted by Gasteiger charge is -2.18. The number of carbonyl (C=O) groups excluding carboxylic acids is 3. The Morgan fingerprint density at radius 2 is 0.506 bits per heavy atom. The Morgan fingerprint density at radius 1 is 0.259 bits per heavy atom. The van der Waals surface area contributed by atoms with Gasteiger partial charge in [-0.25, -0.2) is 0 Å². The average Bonchev–Trinajstić information content (AvgIpc) is 3.46. The van der Waals surface area contributed by atoms with Gasteiger partial charge in [-0.05, 0) is 128 Å². The van der Waals surface area contributed by atoms with Crippen molar-refractivity contribution >= 4 is 17.9 Å². The van der Waals surface area contributed by atoms with Crippen molar-refractivity contribution in [1.29, 1.82) is 0 Å². The van der Waals surface area contributed by atoms with E-state index in [1.165, 1.54) is 128 Å². The predicted molar refractivity (Wildman–Crippen MR) is 352 cm³/mol. The van der Waals surface area contributed by atoms with Crippen LogP contribution in [-0.4, -0.2) is 37.2 Å². The van der Waals surface area contributed by atoms with Crippen molar-refractivity contribution in [3.8, 4) is 0 Å². The van der Waals surface area contributed by atoms with Crippen LogP contribution in [0.1, 0.15) is 290 Å². The molecule has 0 saturated carbocycles. The molecule has 0 aliphatic heterocycles. The van der Waals surface area contributed by atoms with Gasteiger partial charge >= 0.3 is 17.9 Å². The zero-order chi connectivity index (χ0) is 58.5. The Hall–Kier alpha value is -4.71. The SMILES string of the molecule is CC/C=C\C/C=C\C/C=C\C/C=C\C/C=C\CCCCCCCCCCCCCC(=O)OCC(COC(=O)CC/C=C\C/C=C\C/C=C\C/C=C\CC)OC(=O)CCCCCCCCCC/C=C\C/C=C\C/C=C\CCCCCCC. The van der Waals surface area contributed by atoms with Gasteiger partial charge in [0.15, 0.2) is 6.10 Å². The van der Waals surface area contributed by atoms with Crippen LogP contribution in [0.2, 0.25) is 0 Å². The third kappa shape index (κ3) is 66.0. The summed E-state index contributed by atoms with van der Waals surface area (Å²) in [6.07, 6.45) is 97.3. The van der Waals surface area contributed by atoms with Crippen molar-refractivity contribution in [3.05, 3.63) is 146 Å². The summed E-state index contributed by atoms with van der Waals surface area (Å²) in [7, 11) is 0. The van der Waals surface area contributed by atoms with Crippen molar-refractivity contribution in [1.82, 2.24) is 0 Å². The number of allylic oxidation sites excluding steroid dienone is 24. The predicted octanol–water partition coefficient (Wildman–Crippen LogP) is 23.1. The molecule has 1 atom stereocenters. The lowest BCUT2D eigenvalue weighted by molar-refractivity contribution is -0.166. The summed E-state index contributed by atoms with van der Waals surface area (Å²) >= 11 is 0. The van der Waals surface area contributed by atoms with E-state index in [2.05, 4.69) is 161 Å². The molecule has 0 aromatic carbocycles. The molecule has 458 valence electrons. The summed E-state index contributed by atoms with van der Waals surface area (Å²) < 4.78 is 16.9. The van der Waals surface area contributed by atoms with Crippen LogP contribution in [0, 0.1) is 0 Å². The van der Waals surface area contributed by atoms with E-state index in [1.54, 1.807) is 0 Å². The first-order valence-corrected chi connectivity index (χ1v) is 33.3. The minimum Gasteiger partial charge on any atom is -0.462 e. The second-order valence-corrected chi connectivity index (χ2v) is 21.6. The molecule has 1 unspecified atom stereocenters. The van der Waals surface area contributed by atoms with Crippen molar-refractivity contribution in [2.75, 3.05) is 13.2 Å². The van der Waals surface area contributed by atoms with Crippen LogP contribution in [0.4, 0.5) is 0 Å². The van der Waals surface area contributed by atoms with E-state index in [0.717, 1.165) is 116 Å². The second kappa shape index (κ2) is 67.8. The van der Waals surface area contributed by atoms with E-state index in [4.69, 9.17) is 14.2 Å². The highest BCUT2D eigenvalue weighted by Crippen LogP contribution is 2.15. The van der Waals surface area contributed by atoms with Crippen molar-refractivity contribution < 1.29 is 28.6 Å². The highest BCUT2D eigenvalue weighted by atomic mass is 16.6. The maximum Gasteiger partial charge on any atom is 0.306 e. The first-order valence-electron chi connectivity index (χ1n) is 33.3. The molecule has 0 amide bonds.